The van der Waals surface area contributed by atoms with Crippen LogP contribution >= 0.6 is 0 Å². The van der Waals surface area contributed by atoms with Crippen LogP contribution in [0, 0.1) is 23.7 Å². The largest absolute Gasteiger partial charge is 0.465 e. The van der Waals surface area contributed by atoms with Gasteiger partial charge >= 0.3 is 5.97 Å². The Labute approximate surface area is 73.3 Å². The van der Waals surface area contributed by atoms with Gasteiger partial charge in [-0.1, -0.05) is 13.8 Å². The van der Waals surface area contributed by atoms with Gasteiger partial charge in [-0.15, -0.1) is 0 Å². The van der Waals surface area contributed by atoms with Gasteiger partial charge in [0.15, 0.2) is 0 Å². The summed E-state index contributed by atoms with van der Waals surface area (Å²) in [5, 5.41) is 0. The van der Waals surface area contributed by atoms with Gasteiger partial charge in [-0.3, -0.25) is 4.79 Å². The van der Waals surface area contributed by atoms with E-state index >= 15 is 0 Å². The minimum absolute atomic E-state index is 0.0584. The molecule has 1 aliphatic heterocycles. The number of esters is 1. The van der Waals surface area contributed by atoms with Gasteiger partial charge in [0, 0.05) is 0 Å². The quantitative estimate of drug-likeness (QED) is 0.516. The summed E-state index contributed by atoms with van der Waals surface area (Å²) in [6.07, 6.45) is 2.43. The molecule has 2 heteroatoms. The lowest BCUT2D eigenvalue weighted by molar-refractivity contribution is -0.160. The standard InChI is InChI=1S/C10H16O2/c1-6-3-4-8-7(2)5-12-10(11)9(6)8/h6-9H,3-5H2,1-2H3/t6-,7-,8+,9?/m0/s1. The van der Waals surface area contributed by atoms with Crippen molar-refractivity contribution < 1.29 is 9.53 Å². The van der Waals surface area contributed by atoms with E-state index in [9.17, 15) is 4.79 Å². The molecule has 0 radical (unpaired) electrons. The van der Waals surface area contributed by atoms with E-state index < -0.39 is 0 Å². The van der Waals surface area contributed by atoms with E-state index in [2.05, 4.69) is 13.8 Å². The molecule has 2 rings (SSSR count). The normalized spacial score (nSPS) is 47.0. The van der Waals surface area contributed by atoms with E-state index in [0.29, 0.717) is 24.4 Å². The van der Waals surface area contributed by atoms with E-state index in [-0.39, 0.29) is 11.9 Å². The van der Waals surface area contributed by atoms with Gasteiger partial charge in [0.05, 0.1) is 12.5 Å². The molecule has 4 atom stereocenters. The molecular formula is C10H16O2. The molecule has 0 N–H and O–H groups in total. The Kier molecular flexibility index (Phi) is 1.85. The molecule has 0 aromatic rings. The zero-order valence-corrected chi connectivity index (χ0v) is 7.75. The monoisotopic (exact) mass is 168 g/mol. The van der Waals surface area contributed by atoms with E-state index in [0.717, 1.165) is 0 Å². The molecule has 1 saturated carbocycles. The predicted molar refractivity (Wildman–Crippen MR) is 45.5 cm³/mol. The van der Waals surface area contributed by atoms with Crippen LogP contribution in [-0.4, -0.2) is 12.6 Å². The second-order valence-electron chi connectivity index (χ2n) is 4.35. The third-order valence-corrected chi connectivity index (χ3v) is 3.52. The number of cyclic esters (lactones) is 1. The van der Waals surface area contributed by atoms with Crippen LogP contribution in [0.25, 0.3) is 0 Å². The molecule has 2 aliphatic rings. The van der Waals surface area contributed by atoms with Crippen LogP contribution in [0.2, 0.25) is 0 Å². The van der Waals surface area contributed by atoms with Crippen LogP contribution < -0.4 is 0 Å². The van der Waals surface area contributed by atoms with Crippen LogP contribution in [0.15, 0.2) is 0 Å². The molecule has 2 nitrogen and oxygen atoms in total. The smallest absolute Gasteiger partial charge is 0.309 e. The van der Waals surface area contributed by atoms with Crippen LogP contribution in [0.3, 0.4) is 0 Å². The maximum Gasteiger partial charge on any atom is 0.309 e. The molecule has 1 unspecified atom stereocenters. The van der Waals surface area contributed by atoms with Crippen LogP contribution in [0.4, 0.5) is 0 Å². The average Bonchev–Trinajstić information content (AvgIpc) is 2.42. The first-order chi connectivity index (χ1) is 5.70. The summed E-state index contributed by atoms with van der Waals surface area (Å²) >= 11 is 0. The molecule has 1 aliphatic carbocycles. The highest BCUT2D eigenvalue weighted by molar-refractivity contribution is 5.74. The third-order valence-electron chi connectivity index (χ3n) is 3.52. The summed E-state index contributed by atoms with van der Waals surface area (Å²) in [4.78, 5) is 11.4. The fourth-order valence-electron chi connectivity index (χ4n) is 2.72. The fraction of sp³-hybridized carbons (Fsp3) is 0.900. The lowest BCUT2D eigenvalue weighted by Gasteiger charge is -2.31. The number of carbonyl (C=O) groups excluding carboxylic acids is 1. The zero-order valence-electron chi connectivity index (χ0n) is 7.75. The maximum absolute atomic E-state index is 11.4. The van der Waals surface area contributed by atoms with Crippen molar-refractivity contribution in [2.24, 2.45) is 23.7 Å². The first kappa shape index (κ1) is 8.09. The Morgan fingerprint density at radius 3 is 2.67 bits per heavy atom. The van der Waals surface area contributed by atoms with Gasteiger partial charge in [0.1, 0.15) is 0 Å². The Bertz CT molecular complexity index is 200. The number of hydrogen-bond donors (Lipinski definition) is 0. The van der Waals surface area contributed by atoms with Gasteiger partial charge in [0.2, 0.25) is 0 Å². The van der Waals surface area contributed by atoms with Gasteiger partial charge in [-0.25, -0.2) is 0 Å². The third kappa shape index (κ3) is 1.05. The van der Waals surface area contributed by atoms with E-state index in [4.69, 9.17) is 4.74 Å². The second kappa shape index (κ2) is 2.75. The number of fused-ring (bicyclic) bond motifs is 1. The molecule has 0 aromatic carbocycles. The van der Waals surface area contributed by atoms with Crippen molar-refractivity contribution in [1.82, 2.24) is 0 Å². The molecule has 68 valence electrons. The predicted octanol–water partition coefficient (Wildman–Crippen LogP) is 1.84. The Hall–Kier alpha value is -0.530. The fourth-order valence-corrected chi connectivity index (χ4v) is 2.72. The highest BCUT2D eigenvalue weighted by Gasteiger charge is 2.45. The van der Waals surface area contributed by atoms with Crippen molar-refractivity contribution in [2.45, 2.75) is 26.7 Å². The molecule has 2 fully saturated rings. The summed E-state index contributed by atoms with van der Waals surface area (Å²) in [5.74, 6) is 2.01. The van der Waals surface area contributed by atoms with Crippen molar-refractivity contribution in [1.29, 1.82) is 0 Å². The molecule has 1 saturated heterocycles. The Morgan fingerprint density at radius 1 is 1.25 bits per heavy atom. The molecule has 0 amide bonds. The lowest BCUT2D eigenvalue weighted by atomic mass is 9.81. The van der Waals surface area contributed by atoms with Crippen molar-refractivity contribution in [3.8, 4) is 0 Å². The Balaban J connectivity index is 2.18. The minimum Gasteiger partial charge on any atom is -0.465 e. The molecule has 0 aromatic heterocycles. The summed E-state index contributed by atoms with van der Waals surface area (Å²) in [6, 6.07) is 0. The molecule has 1 heterocycles. The van der Waals surface area contributed by atoms with Crippen molar-refractivity contribution >= 4 is 5.97 Å². The van der Waals surface area contributed by atoms with Crippen molar-refractivity contribution in [2.75, 3.05) is 6.61 Å². The first-order valence-electron chi connectivity index (χ1n) is 4.87. The molecule has 0 spiro atoms. The maximum atomic E-state index is 11.4. The van der Waals surface area contributed by atoms with Crippen LogP contribution in [0.5, 0.6) is 0 Å². The summed E-state index contributed by atoms with van der Waals surface area (Å²) in [5.41, 5.74) is 0. The van der Waals surface area contributed by atoms with Crippen molar-refractivity contribution in [3.05, 3.63) is 0 Å². The minimum atomic E-state index is 0.0584. The Morgan fingerprint density at radius 2 is 2.00 bits per heavy atom. The zero-order chi connectivity index (χ0) is 8.72. The van der Waals surface area contributed by atoms with Gasteiger partial charge < -0.3 is 4.74 Å². The van der Waals surface area contributed by atoms with Gasteiger partial charge in [-0.05, 0) is 30.6 Å². The summed E-state index contributed by atoms with van der Waals surface area (Å²) < 4.78 is 5.14. The van der Waals surface area contributed by atoms with Crippen LogP contribution in [-0.2, 0) is 9.53 Å². The van der Waals surface area contributed by atoms with E-state index in [1.807, 2.05) is 0 Å². The number of carbonyl (C=O) groups is 1. The highest BCUT2D eigenvalue weighted by atomic mass is 16.5. The van der Waals surface area contributed by atoms with Gasteiger partial charge in [0.25, 0.3) is 0 Å². The second-order valence-corrected chi connectivity index (χ2v) is 4.35. The highest BCUT2D eigenvalue weighted by Crippen LogP contribution is 2.44. The van der Waals surface area contributed by atoms with Crippen LogP contribution in [0.1, 0.15) is 26.7 Å². The van der Waals surface area contributed by atoms with Gasteiger partial charge in [-0.2, -0.15) is 0 Å². The number of rotatable bonds is 0. The first-order valence-corrected chi connectivity index (χ1v) is 4.87. The average molecular weight is 168 g/mol. The number of ether oxygens (including phenoxy) is 1. The topological polar surface area (TPSA) is 26.3 Å². The molecular weight excluding hydrogens is 152 g/mol. The number of hydrogen-bond acceptors (Lipinski definition) is 2. The lowest BCUT2D eigenvalue weighted by Crippen LogP contribution is -2.37. The molecule has 0 bridgehead atoms. The summed E-state index contributed by atoms with van der Waals surface area (Å²) in [7, 11) is 0. The van der Waals surface area contributed by atoms with E-state index in [1.165, 1.54) is 12.8 Å². The van der Waals surface area contributed by atoms with E-state index in [1.54, 1.807) is 0 Å². The molecule has 12 heavy (non-hydrogen) atoms. The van der Waals surface area contributed by atoms with Crippen molar-refractivity contribution in [3.63, 3.8) is 0 Å². The summed E-state index contributed by atoms with van der Waals surface area (Å²) in [6.45, 7) is 5.01. The SMILES string of the molecule is C[C@H]1CC[C@H]2C1C(=O)OC[C@@H]2C.